The molecule has 0 unspecified atom stereocenters. The summed E-state index contributed by atoms with van der Waals surface area (Å²) in [5.41, 5.74) is 3.01. The minimum atomic E-state index is -0.613. The maximum absolute atomic E-state index is 12.3. The predicted octanol–water partition coefficient (Wildman–Crippen LogP) is 5.08. The van der Waals surface area contributed by atoms with Crippen LogP contribution in [0, 0.1) is 3.57 Å². The van der Waals surface area contributed by atoms with Crippen LogP contribution >= 0.6 is 22.6 Å². The molecule has 0 fully saturated rings. The third-order valence-corrected chi connectivity index (χ3v) is 7.37. The van der Waals surface area contributed by atoms with Crippen LogP contribution in [0.1, 0.15) is 54.2 Å². The van der Waals surface area contributed by atoms with Crippen LogP contribution in [0.3, 0.4) is 0 Å². The highest BCUT2D eigenvalue weighted by molar-refractivity contribution is 14.1. The van der Waals surface area contributed by atoms with Gasteiger partial charge in [-0.1, -0.05) is 30.3 Å². The molecular weight excluding hydrogens is 571 g/mol. The Labute approximate surface area is 225 Å². The van der Waals surface area contributed by atoms with E-state index in [-0.39, 0.29) is 23.6 Å². The first kappa shape index (κ1) is 26.1. The number of ether oxygens (including phenoxy) is 3. The monoisotopic (exact) mass is 602 g/mol. The number of carbonyl (C=O) groups is 1. The summed E-state index contributed by atoms with van der Waals surface area (Å²) in [7, 11) is 0. The second-order valence-corrected chi connectivity index (χ2v) is 9.98. The SMILES string of the molecule is CCOC(=O)c1cn(N(Cc2cc(OCc3ccccc3)c3c(c2I)CCCO3)C(C)C)ccc1=O. The molecule has 8 heteroatoms. The van der Waals surface area contributed by atoms with Crippen molar-refractivity contribution in [2.75, 3.05) is 18.2 Å². The predicted molar refractivity (Wildman–Crippen MR) is 147 cm³/mol. The highest BCUT2D eigenvalue weighted by atomic mass is 127. The third kappa shape index (κ3) is 5.86. The van der Waals surface area contributed by atoms with Crippen LogP contribution in [0.4, 0.5) is 0 Å². The number of esters is 1. The molecule has 0 saturated carbocycles. The molecule has 0 radical (unpaired) electrons. The molecule has 0 N–H and O–H groups in total. The Morgan fingerprint density at radius 1 is 1.22 bits per heavy atom. The molecule has 2 heterocycles. The standard InChI is InChI=1S/C28H31IN2O5/c1-4-34-28(33)23-17-30(13-12-24(23)32)31(19(2)3)16-21-15-25(36-18-20-9-6-5-7-10-20)27-22(26(21)29)11-8-14-35-27/h5-7,9-10,12-13,15,17,19H,4,8,11,14,16,18H2,1-3H3. The summed E-state index contributed by atoms with van der Waals surface area (Å²) in [4.78, 5) is 24.7. The van der Waals surface area contributed by atoms with Crippen molar-refractivity contribution in [1.29, 1.82) is 0 Å². The number of fused-ring (bicyclic) bond motifs is 1. The fourth-order valence-electron chi connectivity index (χ4n) is 4.19. The highest BCUT2D eigenvalue weighted by Crippen LogP contribution is 2.40. The molecule has 1 aliphatic rings. The lowest BCUT2D eigenvalue weighted by Crippen LogP contribution is -2.41. The van der Waals surface area contributed by atoms with Gasteiger partial charge in [-0.3, -0.25) is 9.47 Å². The van der Waals surface area contributed by atoms with E-state index in [4.69, 9.17) is 14.2 Å². The van der Waals surface area contributed by atoms with Crippen molar-refractivity contribution in [1.82, 2.24) is 4.68 Å². The number of nitrogens with zero attached hydrogens (tertiary/aromatic N) is 2. The van der Waals surface area contributed by atoms with Gasteiger partial charge in [0.1, 0.15) is 12.2 Å². The van der Waals surface area contributed by atoms with E-state index in [2.05, 4.69) is 47.5 Å². The quantitative estimate of drug-likeness (QED) is 0.252. The second kappa shape index (κ2) is 11.8. The van der Waals surface area contributed by atoms with Gasteiger partial charge in [-0.15, -0.1) is 0 Å². The number of halogens is 1. The first-order chi connectivity index (χ1) is 17.4. The molecule has 0 bridgehead atoms. The number of hydrogen-bond acceptors (Lipinski definition) is 6. The van der Waals surface area contributed by atoms with Gasteiger partial charge in [0.05, 0.1) is 19.8 Å². The Morgan fingerprint density at radius 2 is 2.00 bits per heavy atom. The van der Waals surface area contributed by atoms with Crippen LogP contribution in [0.15, 0.2) is 59.7 Å². The van der Waals surface area contributed by atoms with Gasteiger partial charge in [-0.2, -0.15) is 0 Å². The van der Waals surface area contributed by atoms with Crippen molar-refractivity contribution >= 4 is 28.6 Å². The number of benzene rings is 2. The first-order valence-corrected chi connectivity index (χ1v) is 13.3. The molecular formula is C28H31IN2O5. The zero-order valence-corrected chi connectivity index (χ0v) is 23.0. The molecule has 2 aromatic carbocycles. The molecule has 0 amide bonds. The summed E-state index contributed by atoms with van der Waals surface area (Å²) in [6, 6.07) is 13.6. The number of carbonyl (C=O) groups excluding carboxylic acids is 1. The van der Waals surface area contributed by atoms with E-state index >= 15 is 0 Å². The maximum Gasteiger partial charge on any atom is 0.343 e. The molecule has 0 aliphatic carbocycles. The molecule has 0 spiro atoms. The topological polar surface area (TPSA) is 70.0 Å². The minimum Gasteiger partial charge on any atom is -0.489 e. The molecule has 4 rings (SSSR count). The van der Waals surface area contributed by atoms with Crippen molar-refractivity contribution in [2.45, 2.75) is 52.8 Å². The lowest BCUT2D eigenvalue weighted by molar-refractivity contribution is 0.0523. The van der Waals surface area contributed by atoms with E-state index in [0.29, 0.717) is 19.8 Å². The number of rotatable bonds is 9. The normalized spacial score (nSPS) is 12.6. The van der Waals surface area contributed by atoms with Crippen LogP contribution < -0.4 is 19.9 Å². The van der Waals surface area contributed by atoms with Gasteiger partial charge >= 0.3 is 5.97 Å². The van der Waals surface area contributed by atoms with E-state index in [1.165, 1.54) is 11.6 Å². The Kier molecular flexibility index (Phi) is 8.56. The van der Waals surface area contributed by atoms with E-state index in [9.17, 15) is 9.59 Å². The molecule has 1 aromatic heterocycles. The van der Waals surface area contributed by atoms with E-state index in [1.54, 1.807) is 24.0 Å². The van der Waals surface area contributed by atoms with Crippen LogP contribution in [0.2, 0.25) is 0 Å². The zero-order valence-electron chi connectivity index (χ0n) is 20.8. The van der Waals surface area contributed by atoms with Gasteiger partial charge in [-0.25, -0.2) is 4.79 Å². The summed E-state index contributed by atoms with van der Waals surface area (Å²) in [5.74, 6) is 0.951. The van der Waals surface area contributed by atoms with Gasteiger partial charge in [0.25, 0.3) is 0 Å². The molecule has 190 valence electrons. The Hall–Kier alpha value is -3.01. The van der Waals surface area contributed by atoms with Crippen molar-refractivity contribution in [3.63, 3.8) is 0 Å². The van der Waals surface area contributed by atoms with Crippen molar-refractivity contribution in [2.24, 2.45) is 0 Å². The van der Waals surface area contributed by atoms with Gasteiger partial charge in [0, 0.05) is 33.6 Å². The van der Waals surface area contributed by atoms with E-state index in [1.807, 2.05) is 30.3 Å². The number of aromatic nitrogens is 1. The van der Waals surface area contributed by atoms with Crippen LogP contribution in [0.5, 0.6) is 11.5 Å². The maximum atomic E-state index is 12.3. The summed E-state index contributed by atoms with van der Waals surface area (Å²) in [5, 5.41) is 2.09. The largest absolute Gasteiger partial charge is 0.489 e. The third-order valence-electron chi connectivity index (χ3n) is 6.03. The van der Waals surface area contributed by atoms with Gasteiger partial charge < -0.3 is 19.2 Å². The average molecular weight is 602 g/mol. The Bertz CT molecular complexity index is 1270. The fourth-order valence-corrected chi connectivity index (χ4v) is 5.03. The van der Waals surface area contributed by atoms with Crippen molar-refractivity contribution in [3.05, 3.63) is 90.9 Å². The second-order valence-electron chi connectivity index (χ2n) is 8.90. The van der Waals surface area contributed by atoms with Gasteiger partial charge in [0.15, 0.2) is 16.9 Å². The summed E-state index contributed by atoms with van der Waals surface area (Å²) >= 11 is 2.39. The minimum absolute atomic E-state index is 0.0189. The molecule has 3 aromatic rings. The molecule has 0 atom stereocenters. The van der Waals surface area contributed by atoms with Crippen molar-refractivity contribution < 1.29 is 19.0 Å². The van der Waals surface area contributed by atoms with Crippen LogP contribution in [-0.4, -0.2) is 29.9 Å². The summed E-state index contributed by atoms with van der Waals surface area (Å²) in [6.45, 7) is 7.76. The summed E-state index contributed by atoms with van der Waals surface area (Å²) < 4.78 is 20.4. The molecule has 0 saturated heterocycles. The van der Waals surface area contributed by atoms with Gasteiger partial charge in [0.2, 0.25) is 0 Å². The number of hydrogen-bond donors (Lipinski definition) is 0. The Balaban J connectivity index is 1.68. The number of pyridine rings is 1. The van der Waals surface area contributed by atoms with E-state index in [0.717, 1.165) is 39.0 Å². The van der Waals surface area contributed by atoms with Crippen molar-refractivity contribution in [3.8, 4) is 11.5 Å². The smallest absolute Gasteiger partial charge is 0.343 e. The molecule has 7 nitrogen and oxygen atoms in total. The highest BCUT2D eigenvalue weighted by Gasteiger charge is 2.24. The van der Waals surface area contributed by atoms with Crippen LogP contribution in [-0.2, 0) is 24.3 Å². The lowest BCUT2D eigenvalue weighted by atomic mass is 10.0. The Morgan fingerprint density at radius 3 is 2.72 bits per heavy atom. The first-order valence-electron chi connectivity index (χ1n) is 12.2. The lowest BCUT2D eigenvalue weighted by Gasteiger charge is -2.33. The molecule has 1 aliphatic heterocycles. The fraction of sp³-hybridized carbons (Fsp3) is 0.357. The molecule has 36 heavy (non-hydrogen) atoms. The van der Waals surface area contributed by atoms with Crippen LogP contribution in [0.25, 0.3) is 0 Å². The zero-order chi connectivity index (χ0) is 25.7. The average Bonchev–Trinajstić information content (AvgIpc) is 2.89. The van der Waals surface area contributed by atoms with E-state index < -0.39 is 5.97 Å². The van der Waals surface area contributed by atoms with Gasteiger partial charge in [-0.05, 0) is 73.4 Å². The summed E-state index contributed by atoms with van der Waals surface area (Å²) in [6.07, 6.45) is 5.13.